The van der Waals surface area contributed by atoms with E-state index in [4.69, 9.17) is 10.5 Å². The van der Waals surface area contributed by atoms with Crippen LogP contribution in [-0.4, -0.2) is 18.6 Å². The number of hydrogen-bond acceptors (Lipinski definition) is 3. The van der Waals surface area contributed by atoms with Crippen molar-refractivity contribution in [3.05, 3.63) is 29.8 Å². The van der Waals surface area contributed by atoms with Crippen LogP contribution in [-0.2, 0) is 4.79 Å². The van der Waals surface area contributed by atoms with Gasteiger partial charge in [-0.2, -0.15) is 0 Å². The first-order valence-electron chi connectivity index (χ1n) is 6.29. The summed E-state index contributed by atoms with van der Waals surface area (Å²) < 4.78 is 5.29. The van der Waals surface area contributed by atoms with Gasteiger partial charge >= 0.3 is 0 Å². The third kappa shape index (κ3) is 3.19. The summed E-state index contributed by atoms with van der Waals surface area (Å²) in [5, 5.41) is 2.97. The highest BCUT2D eigenvalue weighted by Crippen LogP contribution is 2.31. The third-order valence-corrected chi connectivity index (χ3v) is 3.65. The number of para-hydroxylation sites is 1. The Hall–Kier alpha value is -1.26. The molecule has 0 aromatic heterocycles. The second-order valence-electron chi connectivity index (χ2n) is 4.95. The third-order valence-electron chi connectivity index (χ3n) is 3.65. The lowest BCUT2D eigenvalue weighted by Crippen LogP contribution is -2.58. The minimum absolute atomic E-state index is 0. The fourth-order valence-electron chi connectivity index (χ4n) is 2.23. The van der Waals surface area contributed by atoms with E-state index in [0.717, 1.165) is 30.6 Å². The van der Waals surface area contributed by atoms with Gasteiger partial charge in [0.15, 0.2) is 0 Å². The number of nitrogens with one attached hydrogen (secondary N) is 1. The normalized spacial score (nSPS) is 17.6. The largest absolute Gasteiger partial charge is 0.496 e. The number of ether oxygens (including phenoxy) is 1. The van der Waals surface area contributed by atoms with Crippen molar-refractivity contribution in [3.63, 3.8) is 0 Å². The molecule has 1 aromatic carbocycles. The highest BCUT2D eigenvalue weighted by atomic mass is 35.5. The Kier molecular flexibility index (Phi) is 5.20. The molecule has 0 bridgehead atoms. The van der Waals surface area contributed by atoms with E-state index in [0.29, 0.717) is 0 Å². The molecule has 1 aliphatic carbocycles. The van der Waals surface area contributed by atoms with Crippen molar-refractivity contribution in [1.82, 2.24) is 5.32 Å². The number of nitrogens with two attached hydrogens (primary N) is 1. The van der Waals surface area contributed by atoms with Crippen LogP contribution in [0.1, 0.15) is 37.8 Å². The molecule has 3 N–H and O–H groups in total. The van der Waals surface area contributed by atoms with Crippen molar-refractivity contribution in [3.8, 4) is 5.75 Å². The summed E-state index contributed by atoms with van der Waals surface area (Å²) in [6.07, 6.45) is 2.59. The lowest BCUT2D eigenvalue weighted by atomic mass is 9.77. The molecule has 0 aliphatic heterocycles. The van der Waals surface area contributed by atoms with E-state index in [-0.39, 0.29) is 24.4 Å². The summed E-state index contributed by atoms with van der Waals surface area (Å²) in [6, 6.07) is 7.58. The van der Waals surface area contributed by atoms with Gasteiger partial charge in [0.25, 0.3) is 0 Å². The monoisotopic (exact) mass is 284 g/mol. The van der Waals surface area contributed by atoms with Crippen LogP contribution < -0.4 is 15.8 Å². The molecule has 19 heavy (non-hydrogen) atoms. The minimum Gasteiger partial charge on any atom is -0.496 e. The van der Waals surface area contributed by atoms with Crippen LogP contribution in [0.5, 0.6) is 5.75 Å². The van der Waals surface area contributed by atoms with Gasteiger partial charge in [-0.05, 0) is 32.3 Å². The van der Waals surface area contributed by atoms with Crippen molar-refractivity contribution in [2.45, 2.75) is 37.8 Å². The molecule has 5 heteroatoms. The molecule has 1 fully saturated rings. The van der Waals surface area contributed by atoms with Crippen LogP contribution in [0.15, 0.2) is 24.3 Å². The Bertz CT molecular complexity index is 447. The average Bonchev–Trinajstić information content (AvgIpc) is 2.35. The highest BCUT2D eigenvalue weighted by Gasteiger charge is 2.40. The van der Waals surface area contributed by atoms with E-state index in [1.54, 1.807) is 7.11 Å². The summed E-state index contributed by atoms with van der Waals surface area (Å²) in [5.74, 6) is 0.720. The van der Waals surface area contributed by atoms with Gasteiger partial charge in [0.05, 0.1) is 18.7 Å². The second kappa shape index (κ2) is 6.26. The van der Waals surface area contributed by atoms with Crippen molar-refractivity contribution in [2.24, 2.45) is 5.73 Å². The fraction of sp³-hybridized carbons (Fsp3) is 0.500. The maximum atomic E-state index is 12.1. The van der Waals surface area contributed by atoms with Gasteiger partial charge in [-0.1, -0.05) is 18.2 Å². The standard InChI is InChI=1S/C14H20N2O2.ClH/c1-10(11-6-3-4-7-12(11)18-2)16-13(17)14(15)8-5-9-14;/h3-4,6-7,10H,5,8-9,15H2,1-2H3,(H,16,17);1H. The first-order valence-corrected chi connectivity index (χ1v) is 6.29. The van der Waals surface area contributed by atoms with Gasteiger partial charge in [-0.25, -0.2) is 0 Å². The molecule has 1 unspecified atom stereocenters. The van der Waals surface area contributed by atoms with E-state index >= 15 is 0 Å². The molecule has 1 aliphatic rings. The van der Waals surface area contributed by atoms with Gasteiger partial charge in [0.2, 0.25) is 5.91 Å². The smallest absolute Gasteiger partial charge is 0.240 e. The zero-order valence-electron chi connectivity index (χ0n) is 11.3. The molecular formula is C14H21ClN2O2. The number of amides is 1. The van der Waals surface area contributed by atoms with Crippen LogP contribution in [0, 0.1) is 0 Å². The molecule has 1 aromatic rings. The molecule has 2 rings (SSSR count). The van der Waals surface area contributed by atoms with Gasteiger partial charge in [0.1, 0.15) is 5.75 Å². The maximum absolute atomic E-state index is 12.1. The predicted molar refractivity (Wildman–Crippen MR) is 77.6 cm³/mol. The van der Waals surface area contributed by atoms with Gasteiger partial charge in [-0.15, -0.1) is 12.4 Å². The molecular weight excluding hydrogens is 264 g/mol. The van der Waals surface area contributed by atoms with Crippen LogP contribution in [0.2, 0.25) is 0 Å². The van der Waals surface area contributed by atoms with Crippen molar-refractivity contribution in [1.29, 1.82) is 0 Å². The maximum Gasteiger partial charge on any atom is 0.240 e. The SMILES string of the molecule is COc1ccccc1C(C)NC(=O)C1(N)CCC1.Cl. The first-order chi connectivity index (χ1) is 8.57. The Balaban J connectivity index is 0.00000180. The topological polar surface area (TPSA) is 64.3 Å². The van der Waals surface area contributed by atoms with Crippen molar-refractivity contribution in [2.75, 3.05) is 7.11 Å². The molecule has 4 nitrogen and oxygen atoms in total. The summed E-state index contributed by atoms with van der Waals surface area (Å²) in [4.78, 5) is 12.1. The molecule has 0 heterocycles. The van der Waals surface area contributed by atoms with E-state index < -0.39 is 5.54 Å². The molecule has 0 saturated heterocycles. The van der Waals surface area contributed by atoms with E-state index in [2.05, 4.69) is 5.32 Å². The molecule has 1 amide bonds. The zero-order chi connectivity index (χ0) is 13.2. The average molecular weight is 285 g/mol. The number of rotatable bonds is 4. The van der Waals surface area contributed by atoms with E-state index in [1.165, 1.54) is 0 Å². The number of benzene rings is 1. The number of hydrogen-bond donors (Lipinski definition) is 2. The molecule has 106 valence electrons. The van der Waals surface area contributed by atoms with E-state index in [1.807, 2.05) is 31.2 Å². The molecule has 0 spiro atoms. The molecule has 1 saturated carbocycles. The molecule has 1 atom stereocenters. The zero-order valence-corrected chi connectivity index (χ0v) is 12.1. The Labute approximate surface area is 120 Å². The summed E-state index contributed by atoms with van der Waals surface area (Å²) in [5.41, 5.74) is 6.31. The molecule has 0 radical (unpaired) electrons. The summed E-state index contributed by atoms with van der Waals surface area (Å²) in [6.45, 7) is 1.94. The second-order valence-corrected chi connectivity index (χ2v) is 4.95. The van der Waals surface area contributed by atoms with Crippen LogP contribution in [0.25, 0.3) is 0 Å². The predicted octanol–water partition coefficient (Wildman–Crippen LogP) is 2.18. The van der Waals surface area contributed by atoms with Crippen molar-refractivity contribution >= 4 is 18.3 Å². The van der Waals surface area contributed by atoms with Gasteiger partial charge in [-0.3, -0.25) is 4.79 Å². The number of halogens is 1. The minimum atomic E-state index is -0.656. The van der Waals surface area contributed by atoms with Gasteiger partial charge in [0, 0.05) is 5.56 Å². The fourth-order valence-corrected chi connectivity index (χ4v) is 2.23. The first kappa shape index (κ1) is 15.8. The Morgan fingerprint density at radius 1 is 1.42 bits per heavy atom. The van der Waals surface area contributed by atoms with Crippen LogP contribution >= 0.6 is 12.4 Å². The highest BCUT2D eigenvalue weighted by molar-refractivity contribution is 5.87. The summed E-state index contributed by atoms with van der Waals surface area (Å²) >= 11 is 0. The van der Waals surface area contributed by atoms with Crippen LogP contribution in [0.4, 0.5) is 0 Å². The van der Waals surface area contributed by atoms with Crippen LogP contribution in [0.3, 0.4) is 0 Å². The Morgan fingerprint density at radius 3 is 2.58 bits per heavy atom. The Morgan fingerprint density at radius 2 is 2.05 bits per heavy atom. The quantitative estimate of drug-likeness (QED) is 0.891. The van der Waals surface area contributed by atoms with Crippen molar-refractivity contribution < 1.29 is 9.53 Å². The summed E-state index contributed by atoms with van der Waals surface area (Å²) in [7, 11) is 1.63. The number of carbonyl (C=O) groups excluding carboxylic acids is 1. The van der Waals surface area contributed by atoms with Gasteiger partial charge < -0.3 is 15.8 Å². The van der Waals surface area contributed by atoms with E-state index in [9.17, 15) is 4.79 Å². The number of methoxy groups -OCH3 is 1. The number of carbonyl (C=O) groups is 1. The lowest BCUT2D eigenvalue weighted by molar-refractivity contribution is -0.129. The lowest BCUT2D eigenvalue weighted by Gasteiger charge is -2.37.